The highest BCUT2D eigenvalue weighted by Gasteiger charge is 2.48. The molecule has 0 radical (unpaired) electrons. The first-order chi connectivity index (χ1) is 8.69. The van der Waals surface area contributed by atoms with E-state index in [1.165, 1.54) is 0 Å². The molecule has 106 valence electrons. The number of sulfonamides is 1. The van der Waals surface area contributed by atoms with Gasteiger partial charge in [0.1, 0.15) is 10.7 Å². The number of aliphatic hydroxyl groups excluding tert-OH is 1. The Morgan fingerprint density at radius 2 is 2.00 bits per heavy atom. The Morgan fingerprint density at radius 3 is 2.47 bits per heavy atom. The average molecular weight is 291 g/mol. The van der Waals surface area contributed by atoms with Gasteiger partial charge in [0.05, 0.1) is 12.2 Å². The maximum Gasteiger partial charge on any atom is 0.243 e. The number of hydrogen-bond acceptors (Lipinski definition) is 3. The largest absolute Gasteiger partial charge is 0.391 e. The second kappa shape index (κ2) is 4.50. The van der Waals surface area contributed by atoms with E-state index in [0.29, 0.717) is 6.42 Å². The van der Waals surface area contributed by atoms with E-state index in [4.69, 9.17) is 5.11 Å². The summed E-state index contributed by atoms with van der Waals surface area (Å²) >= 11 is 0. The number of nitrogens with one attached hydrogen (secondary N) is 1. The summed E-state index contributed by atoms with van der Waals surface area (Å²) in [7, 11) is -4.05. The Kier molecular flexibility index (Phi) is 3.40. The zero-order valence-electron chi connectivity index (χ0n) is 10.6. The van der Waals surface area contributed by atoms with Crippen molar-refractivity contribution in [2.45, 2.75) is 37.8 Å². The van der Waals surface area contributed by atoms with Crippen LogP contribution in [0.4, 0.5) is 8.78 Å². The van der Waals surface area contributed by atoms with Crippen LogP contribution in [0.1, 0.15) is 25.8 Å². The van der Waals surface area contributed by atoms with E-state index in [-0.39, 0.29) is 11.5 Å². The van der Waals surface area contributed by atoms with Crippen molar-refractivity contribution in [2.75, 3.05) is 0 Å². The highest BCUT2D eigenvalue weighted by Crippen LogP contribution is 2.45. The minimum Gasteiger partial charge on any atom is -0.391 e. The normalized spacial score (nSPS) is 21.4. The van der Waals surface area contributed by atoms with Gasteiger partial charge in [0.15, 0.2) is 5.82 Å². The van der Waals surface area contributed by atoms with Crippen LogP contribution in [-0.4, -0.2) is 19.6 Å². The molecule has 7 heteroatoms. The van der Waals surface area contributed by atoms with Gasteiger partial charge in [0.25, 0.3) is 0 Å². The summed E-state index contributed by atoms with van der Waals surface area (Å²) in [5.41, 5.74) is -0.790. The van der Waals surface area contributed by atoms with E-state index in [0.717, 1.165) is 12.1 Å². The van der Waals surface area contributed by atoms with Gasteiger partial charge in [-0.05, 0) is 24.0 Å². The second-order valence-electron chi connectivity index (χ2n) is 5.36. The lowest BCUT2D eigenvalue weighted by Gasteiger charge is -2.11. The molecule has 1 fully saturated rings. The van der Waals surface area contributed by atoms with Crippen LogP contribution in [0.25, 0.3) is 0 Å². The summed E-state index contributed by atoms with van der Waals surface area (Å²) in [4.78, 5) is -0.638. The number of rotatable bonds is 4. The highest BCUT2D eigenvalue weighted by molar-refractivity contribution is 7.89. The predicted octanol–water partition coefficient (Wildman–Crippen LogP) is 1.53. The molecule has 1 aromatic carbocycles. The van der Waals surface area contributed by atoms with E-state index in [1.807, 2.05) is 13.8 Å². The molecule has 1 aromatic rings. The topological polar surface area (TPSA) is 66.4 Å². The molecule has 2 rings (SSSR count). The number of benzene rings is 1. The van der Waals surface area contributed by atoms with Crippen LogP contribution < -0.4 is 4.72 Å². The Hall–Kier alpha value is -1.05. The van der Waals surface area contributed by atoms with Crippen LogP contribution in [-0.2, 0) is 16.6 Å². The van der Waals surface area contributed by atoms with Crippen LogP contribution in [0, 0.1) is 17.0 Å². The van der Waals surface area contributed by atoms with Crippen molar-refractivity contribution < 1.29 is 22.3 Å². The number of hydrogen-bond donors (Lipinski definition) is 2. The summed E-state index contributed by atoms with van der Waals surface area (Å²) in [5, 5.41) is 8.87. The van der Waals surface area contributed by atoms with Gasteiger partial charge < -0.3 is 5.11 Å². The van der Waals surface area contributed by atoms with Crippen LogP contribution in [0.2, 0.25) is 0 Å². The number of halogens is 2. The van der Waals surface area contributed by atoms with Crippen molar-refractivity contribution in [2.24, 2.45) is 5.41 Å². The minimum atomic E-state index is -4.05. The molecule has 0 heterocycles. The number of aliphatic hydroxyl groups is 1. The molecule has 1 aliphatic rings. The summed E-state index contributed by atoms with van der Waals surface area (Å²) < 4.78 is 53.5. The lowest BCUT2D eigenvalue weighted by atomic mass is 10.2. The first-order valence-electron chi connectivity index (χ1n) is 5.79. The van der Waals surface area contributed by atoms with E-state index >= 15 is 0 Å². The summed E-state index contributed by atoms with van der Waals surface area (Å²) in [6, 6.07) is 1.45. The molecule has 0 amide bonds. The lowest BCUT2D eigenvalue weighted by Crippen LogP contribution is -2.29. The standard InChI is InChI=1S/C12H15F2NO3S/c1-12(2)5-10(12)15-19(17,18)9-4-3-8(13)7(6-16)11(9)14/h3-4,10,15-16H,5-6H2,1-2H3. The quantitative estimate of drug-likeness (QED) is 0.884. The Morgan fingerprint density at radius 1 is 1.42 bits per heavy atom. The van der Waals surface area contributed by atoms with Crippen molar-refractivity contribution in [3.63, 3.8) is 0 Å². The minimum absolute atomic E-state index is 0.149. The highest BCUT2D eigenvalue weighted by atomic mass is 32.2. The SMILES string of the molecule is CC1(C)CC1NS(=O)(=O)c1ccc(F)c(CO)c1F. The molecule has 4 nitrogen and oxygen atoms in total. The Balaban J connectivity index is 2.36. The molecular formula is C12H15F2NO3S. The van der Waals surface area contributed by atoms with Crippen molar-refractivity contribution in [3.05, 3.63) is 29.3 Å². The zero-order chi connectivity index (χ0) is 14.4. The third-order valence-electron chi connectivity index (χ3n) is 3.41. The molecule has 0 saturated heterocycles. The summed E-state index contributed by atoms with van der Waals surface area (Å²) in [6.45, 7) is 2.89. The molecule has 2 N–H and O–H groups in total. The van der Waals surface area contributed by atoms with Gasteiger partial charge in [-0.1, -0.05) is 13.8 Å². The molecule has 1 atom stereocenters. The van der Waals surface area contributed by atoms with Gasteiger partial charge in [-0.15, -0.1) is 0 Å². The monoisotopic (exact) mass is 291 g/mol. The molecule has 0 aromatic heterocycles. The van der Waals surface area contributed by atoms with Gasteiger partial charge >= 0.3 is 0 Å². The van der Waals surface area contributed by atoms with Crippen molar-refractivity contribution >= 4 is 10.0 Å². The second-order valence-corrected chi connectivity index (χ2v) is 7.05. The van der Waals surface area contributed by atoms with E-state index < -0.39 is 38.7 Å². The fourth-order valence-corrected chi connectivity index (χ4v) is 3.36. The van der Waals surface area contributed by atoms with Crippen LogP contribution in [0.3, 0.4) is 0 Å². The third kappa shape index (κ3) is 2.63. The fourth-order valence-electron chi connectivity index (χ4n) is 1.85. The average Bonchev–Trinajstić information content (AvgIpc) is 2.84. The fraction of sp³-hybridized carbons (Fsp3) is 0.500. The lowest BCUT2D eigenvalue weighted by molar-refractivity contribution is 0.267. The smallest absolute Gasteiger partial charge is 0.243 e. The molecular weight excluding hydrogens is 276 g/mol. The van der Waals surface area contributed by atoms with Gasteiger partial charge in [-0.25, -0.2) is 21.9 Å². The van der Waals surface area contributed by atoms with Gasteiger partial charge in [0.2, 0.25) is 10.0 Å². The maximum atomic E-state index is 13.9. The van der Waals surface area contributed by atoms with E-state index in [2.05, 4.69) is 4.72 Å². The first kappa shape index (κ1) is 14.4. The van der Waals surface area contributed by atoms with E-state index in [9.17, 15) is 17.2 Å². The van der Waals surface area contributed by atoms with Gasteiger partial charge in [-0.3, -0.25) is 0 Å². The molecule has 1 saturated carbocycles. The Labute approximate surface area is 110 Å². The van der Waals surface area contributed by atoms with Gasteiger partial charge in [0, 0.05) is 6.04 Å². The predicted molar refractivity (Wildman–Crippen MR) is 64.8 cm³/mol. The molecule has 0 aliphatic heterocycles. The zero-order valence-corrected chi connectivity index (χ0v) is 11.4. The molecule has 0 spiro atoms. The van der Waals surface area contributed by atoms with E-state index in [1.54, 1.807) is 0 Å². The van der Waals surface area contributed by atoms with Gasteiger partial charge in [-0.2, -0.15) is 0 Å². The first-order valence-corrected chi connectivity index (χ1v) is 7.27. The summed E-state index contributed by atoms with van der Waals surface area (Å²) in [5.74, 6) is -2.21. The molecule has 0 bridgehead atoms. The molecule has 1 unspecified atom stereocenters. The van der Waals surface area contributed by atoms with Crippen molar-refractivity contribution in [3.8, 4) is 0 Å². The van der Waals surface area contributed by atoms with Crippen LogP contribution >= 0.6 is 0 Å². The third-order valence-corrected chi connectivity index (χ3v) is 4.90. The van der Waals surface area contributed by atoms with Crippen molar-refractivity contribution in [1.82, 2.24) is 4.72 Å². The van der Waals surface area contributed by atoms with Crippen LogP contribution in [0.5, 0.6) is 0 Å². The maximum absolute atomic E-state index is 13.9. The summed E-state index contributed by atoms with van der Waals surface area (Å²) in [6.07, 6.45) is 0.669. The molecule has 1 aliphatic carbocycles. The molecule has 19 heavy (non-hydrogen) atoms. The van der Waals surface area contributed by atoms with Crippen molar-refractivity contribution in [1.29, 1.82) is 0 Å². The Bertz CT molecular complexity index is 614. The van der Waals surface area contributed by atoms with Crippen LogP contribution in [0.15, 0.2) is 17.0 Å².